The molecule has 0 radical (unpaired) electrons. The Bertz CT molecular complexity index is 1750. The maximum atomic E-state index is 13.1. The Kier molecular flexibility index (Phi) is 56.3. The van der Waals surface area contributed by atoms with Crippen LogP contribution in [0.15, 0.2) is 134 Å². The van der Waals surface area contributed by atoms with Gasteiger partial charge in [0.15, 0.2) is 6.29 Å². The maximum Gasteiger partial charge on any atom is 0.220 e. The number of nitrogens with one attached hydrogen (secondary N) is 1. The molecule has 1 fully saturated rings. The third-order valence-corrected chi connectivity index (χ3v) is 14.9. The van der Waals surface area contributed by atoms with E-state index in [4.69, 9.17) is 9.47 Å². The minimum Gasteiger partial charge on any atom is -0.394 e. The van der Waals surface area contributed by atoms with Gasteiger partial charge in [-0.3, -0.25) is 4.79 Å². The summed E-state index contributed by atoms with van der Waals surface area (Å²) >= 11 is 0. The second kappa shape index (κ2) is 60.5. The number of carbonyl (C=O) groups is 1. The van der Waals surface area contributed by atoms with Crippen LogP contribution >= 0.6 is 0 Å². The molecule has 7 unspecified atom stereocenters. The zero-order valence-corrected chi connectivity index (χ0v) is 52.2. The average molecular weight is 1140 g/mol. The summed E-state index contributed by atoms with van der Waals surface area (Å²) in [5, 5.41) is 54.7. The smallest absolute Gasteiger partial charge is 0.220 e. The first-order valence-corrected chi connectivity index (χ1v) is 33.4. The predicted octanol–water partition coefficient (Wildman–Crippen LogP) is 18.0. The molecule has 7 atom stereocenters. The molecule has 0 aromatic heterocycles. The Hall–Kier alpha value is -3.67. The van der Waals surface area contributed by atoms with Gasteiger partial charge in [0.25, 0.3) is 0 Å². The van der Waals surface area contributed by atoms with E-state index in [1.165, 1.54) is 128 Å². The van der Waals surface area contributed by atoms with Crippen molar-refractivity contribution in [3.05, 3.63) is 134 Å². The fraction of sp³-hybridized carbons (Fsp3) is 0.685. The van der Waals surface area contributed by atoms with Crippen molar-refractivity contribution in [2.24, 2.45) is 0 Å². The lowest BCUT2D eigenvalue weighted by molar-refractivity contribution is -0.302. The number of unbranched alkanes of at least 4 members (excludes halogenated alkanes) is 26. The number of hydrogen-bond acceptors (Lipinski definition) is 8. The lowest BCUT2D eigenvalue weighted by atomic mass is 9.99. The van der Waals surface area contributed by atoms with Gasteiger partial charge in [-0.1, -0.05) is 282 Å². The van der Waals surface area contributed by atoms with Crippen molar-refractivity contribution in [2.75, 3.05) is 13.2 Å². The van der Waals surface area contributed by atoms with Crippen LogP contribution in [0.1, 0.15) is 264 Å². The van der Waals surface area contributed by atoms with E-state index < -0.39 is 49.5 Å². The molecule has 0 bridgehead atoms. The van der Waals surface area contributed by atoms with Crippen molar-refractivity contribution in [1.82, 2.24) is 5.32 Å². The Morgan fingerprint density at radius 2 is 0.768 bits per heavy atom. The van der Waals surface area contributed by atoms with Gasteiger partial charge < -0.3 is 40.3 Å². The lowest BCUT2D eigenvalue weighted by Crippen LogP contribution is -2.60. The normalized spacial score (nSPS) is 19.2. The number of carbonyl (C=O) groups excluding carboxylic acids is 1. The first-order chi connectivity index (χ1) is 40.3. The van der Waals surface area contributed by atoms with E-state index in [-0.39, 0.29) is 12.5 Å². The number of aliphatic hydroxyl groups excluding tert-OH is 5. The molecule has 1 aliphatic heterocycles. The number of aliphatic hydroxyl groups is 5. The number of hydrogen-bond donors (Lipinski definition) is 6. The van der Waals surface area contributed by atoms with E-state index in [1.54, 1.807) is 6.08 Å². The van der Waals surface area contributed by atoms with Crippen LogP contribution in [0.5, 0.6) is 0 Å². The number of ether oxygens (including phenoxy) is 2. The van der Waals surface area contributed by atoms with Crippen molar-refractivity contribution < 1.29 is 39.8 Å². The Labute approximate surface area is 502 Å². The summed E-state index contributed by atoms with van der Waals surface area (Å²) < 4.78 is 11.3. The van der Waals surface area contributed by atoms with Crippen molar-refractivity contribution in [2.45, 2.75) is 307 Å². The molecule has 0 spiro atoms. The zero-order chi connectivity index (χ0) is 59.3. The summed E-state index contributed by atoms with van der Waals surface area (Å²) in [6.07, 6.45) is 85.3. The second-order valence-electron chi connectivity index (χ2n) is 22.5. The zero-order valence-electron chi connectivity index (χ0n) is 52.2. The van der Waals surface area contributed by atoms with Crippen molar-refractivity contribution in [3.8, 4) is 0 Å². The van der Waals surface area contributed by atoms with Gasteiger partial charge in [0.2, 0.25) is 5.91 Å². The molecule has 82 heavy (non-hydrogen) atoms. The van der Waals surface area contributed by atoms with Crippen LogP contribution < -0.4 is 5.32 Å². The minimum absolute atomic E-state index is 0.203. The van der Waals surface area contributed by atoms with Gasteiger partial charge in [-0.15, -0.1) is 0 Å². The topological polar surface area (TPSA) is 149 Å². The largest absolute Gasteiger partial charge is 0.394 e. The number of amides is 1. The summed E-state index contributed by atoms with van der Waals surface area (Å²) in [6.45, 7) is 3.65. The second-order valence-corrected chi connectivity index (χ2v) is 22.5. The van der Waals surface area contributed by atoms with Crippen LogP contribution in [0.4, 0.5) is 0 Å². The first kappa shape index (κ1) is 76.3. The van der Waals surface area contributed by atoms with Gasteiger partial charge in [-0.2, -0.15) is 0 Å². The first-order valence-electron chi connectivity index (χ1n) is 33.4. The van der Waals surface area contributed by atoms with Crippen molar-refractivity contribution in [3.63, 3.8) is 0 Å². The molecular weight excluding hydrogens is 1020 g/mol. The van der Waals surface area contributed by atoms with E-state index >= 15 is 0 Å². The molecule has 6 N–H and O–H groups in total. The minimum atomic E-state index is -1.59. The summed E-state index contributed by atoms with van der Waals surface area (Å²) in [4.78, 5) is 13.1. The van der Waals surface area contributed by atoms with Crippen LogP contribution in [-0.2, 0) is 14.3 Å². The molecule has 0 aromatic carbocycles. The maximum absolute atomic E-state index is 13.1. The highest BCUT2D eigenvalue weighted by atomic mass is 16.7. The van der Waals surface area contributed by atoms with Crippen LogP contribution in [0.2, 0.25) is 0 Å². The van der Waals surface area contributed by atoms with Gasteiger partial charge in [-0.25, -0.2) is 0 Å². The van der Waals surface area contributed by atoms with Crippen LogP contribution in [0.25, 0.3) is 0 Å². The van der Waals surface area contributed by atoms with E-state index in [1.807, 2.05) is 6.08 Å². The third kappa shape index (κ3) is 48.7. The van der Waals surface area contributed by atoms with Crippen LogP contribution in [0.3, 0.4) is 0 Å². The Morgan fingerprint density at radius 1 is 0.427 bits per heavy atom. The van der Waals surface area contributed by atoms with Crippen LogP contribution in [-0.4, -0.2) is 87.5 Å². The molecule has 0 aromatic rings. The summed E-state index contributed by atoms with van der Waals surface area (Å²) in [5.41, 5.74) is 0. The van der Waals surface area contributed by atoms with Crippen LogP contribution in [0, 0.1) is 0 Å². The summed E-state index contributed by atoms with van der Waals surface area (Å²) in [5.74, 6) is -0.203. The molecular formula is C73H123NO8. The number of allylic oxidation sites excluding steroid dienone is 21. The monoisotopic (exact) mass is 1140 g/mol. The molecule has 0 saturated carbocycles. The van der Waals surface area contributed by atoms with Crippen molar-refractivity contribution in [1.29, 1.82) is 0 Å². The molecule has 1 heterocycles. The highest BCUT2D eigenvalue weighted by Gasteiger charge is 2.44. The quantitative estimate of drug-likeness (QED) is 0.0261. The average Bonchev–Trinajstić information content (AvgIpc) is 3.57. The molecule has 9 nitrogen and oxygen atoms in total. The summed E-state index contributed by atoms with van der Waals surface area (Å²) in [6, 6.07) is -0.844. The van der Waals surface area contributed by atoms with Gasteiger partial charge in [0, 0.05) is 6.42 Å². The van der Waals surface area contributed by atoms with E-state index in [2.05, 4.69) is 141 Å². The molecule has 1 amide bonds. The highest BCUT2D eigenvalue weighted by Crippen LogP contribution is 2.23. The number of rotatable bonds is 56. The highest BCUT2D eigenvalue weighted by molar-refractivity contribution is 5.76. The van der Waals surface area contributed by atoms with Gasteiger partial charge in [-0.05, 0) is 109 Å². The fourth-order valence-corrected chi connectivity index (χ4v) is 9.73. The molecule has 468 valence electrons. The van der Waals surface area contributed by atoms with Gasteiger partial charge in [0.05, 0.1) is 25.4 Å². The van der Waals surface area contributed by atoms with Crippen molar-refractivity contribution >= 4 is 5.91 Å². The fourth-order valence-electron chi connectivity index (χ4n) is 9.73. The Morgan fingerprint density at radius 3 is 1.17 bits per heavy atom. The molecule has 1 rings (SSSR count). The van der Waals surface area contributed by atoms with E-state index in [0.29, 0.717) is 6.42 Å². The molecule has 1 saturated heterocycles. The SMILES string of the molecule is CC/C=C\C/C=C\C/C=C\C/C=C\C/C=C\C/C=C\C/C=C\C/C=C\CCCCCCCCCCC(=O)NC(COC1OC(CO)C(O)C(O)C1O)C(O)/C=C/CC/C=C/CC/C=C/CCCCCCCCCCCCCCCCCC. The molecule has 0 aliphatic carbocycles. The lowest BCUT2D eigenvalue weighted by Gasteiger charge is -2.40. The predicted molar refractivity (Wildman–Crippen MR) is 350 cm³/mol. The van der Waals surface area contributed by atoms with Gasteiger partial charge in [0.1, 0.15) is 24.4 Å². The Balaban J connectivity index is 2.23. The summed E-state index contributed by atoms with van der Waals surface area (Å²) in [7, 11) is 0. The van der Waals surface area contributed by atoms with E-state index in [9.17, 15) is 30.3 Å². The third-order valence-electron chi connectivity index (χ3n) is 14.9. The molecule has 1 aliphatic rings. The molecule has 9 heteroatoms. The van der Waals surface area contributed by atoms with E-state index in [0.717, 1.165) is 116 Å². The standard InChI is InChI=1S/C73H123NO8/c1-3-5-7-9-11-13-15-17-19-21-23-25-27-29-31-32-33-34-35-36-37-39-41-43-45-47-49-51-53-55-57-59-61-63-69(77)74-66(65-81-73-72(80)71(79)70(78)68(64-75)82-73)67(76)62-60-58-56-54-52-50-48-46-44-42-40-38-30-28-26-24-22-20-18-16-14-12-10-8-6-4-2/h5,7,11,13,17,19,23,25,29,31,33-34,36-37,41,43-44,46,52,54,60,62,66-68,70-73,75-76,78-80H,3-4,6,8-10,12,14-16,18,20-22,24,26-28,30,32,35,38-40,42,45,47-51,53,55-59,61,63-65H2,1-2H3,(H,74,77)/b7-5-,13-11-,19-17-,25-23-,31-29-,34-33-,37-36-,43-41-,46-44+,54-52+,62-60+. The van der Waals surface area contributed by atoms with Gasteiger partial charge >= 0.3 is 0 Å².